The third-order valence-corrected chi connectivity index (χ3v) is 5.21. The van der Waals surface area contributed by atoms with Gasteiger partial charge in [-0.3, -0.25) is 0 Å². The highest BCUT2D eigenvalue weighted by Gasteiger charge is 2.18. The Morgan fingerprint density at radius 1 is 0.750 bits per heavy atom. The number of rotatable bonds is 0. The van der Waals surface area contributed by atoms with E-state index in [0.29, 0.717) is 0 Å². The van der Waals surface area contributed by atoms with Gasteiger partial charge in [-0.25, -0.2) is 0 Å². The van der Waals surface area contributed by atoms with Crippen LogP contribution in [0.25, 0.3) is 10.8 Å². The van der Waals surface area contributed by atoms with Crippen LogP contribution in [0.3, 0.4) is 0 Å². The molecule has 1 aliphatic rings. The predicted octanol–water partition coefficient (Wildman–Crippen LogP) is 5.24. The molecule has 0 nitrogen and oxygen atoms in total. The summed E-state index contributed by atoms with van der Waals surface area (Å²) in [6.07, 6.45) is 5.05. The van der Waals surface area contributed by atoms with Crippen LogP contribution in [0.15, 0.2) is 33.2 Å². The Kier molecular flexibility index (Phi) is 2.80. The van der Waals surface area contributed by atoms with E-state index in [4.69, 9.17) is 0 Å². The highest BCUT2D eigenvalue weighted by molar-refractivity contribution is 9.11. The van der Waals surface area contributed by atoms with Gasteiger partial charge in [-0.05, 0) is 79.4 Å². The van der Waals surface area contributed by atoms with Crippen molar-refractivity contribution in [3.63, 3.8) is 0 Å². The average molecular weight is 340 g/mol. The van der Waals surface area contributed by atoms with Crippen LogP contribution in [0.1, 0.15) is 24.0 Å². The quantitative estimate of drug-likeness (QED) is 0.615. The van der Waals surface area contributed by atoms with Crippen molar-refractivity contribution in [2.24, 2.45) is 0 Å². The molecule has 16 heavy (non-hydrogen) atoms. The first-order valence-electron chi connectivity index (χ1n) is 5.66. The smallest absolute Gasteiger partial charge is 0.0289 e. The highest BCUT2D eigenvalue weighted by Crippen LogP contribution is 2.40. The SMILES string of the molecule is Brc1c2c(c(Br)c3ccccc13)CCCC2. The van der Waals surface area contributed by atoms with Crippen molar-refractivity contribution in [3.05, 3.63) is 44.3 Å². The molecule has 3 rings (SSSR count). The Morgan fingerprint density at radius 3 is 1.62 bits per heavy atom. The molecule has 0 heterocycles. The van der Waals surface area contributed by atoms with Gasteiger partial charge in [0.1, 0.15) is 0 Å². The van der Waals surface area contributed by atoms with E-state index in [9.17, 15) is 0 Å². The first-order chi connectivity index (χ1) is 7.79. The van der Waals surface area contributed by atoms with Crippen molar-refractivity contribution in [2.75, 3.05) is 0 Å². The fourth-order valence-corrected chi connectivity index (χ4v) is 4.15. The van der Waals surface area contributed by atoms with Gasteiger partial charge < -0.3 is 0 Å². The molecule has 0 amide bonds. The summed E-state index contributed by atoms with van der Waals surface area (Å²) >= 11 is 7.56. The molecule has 0 unspecified atom stereocenters. The minimum atomic E-state index is 1.21. The van der Waals surface area contributed by atoms with Crippen LogP contribution < -0.4 is 0 Å². The van der Waals surface area contributed by atoms with E-state index in [1.165, 1.54) is 56.5 Å². The lowest BCUT2D eigenvalue weighted by Crippen LogP contribution is -2.05. The Labute approximate surface area is 112 Å². The molecule has 1 aliphatic carbocycles. The minimum absolute atomic E-state index is 1.21. The first-order valence-corrected chi connectivity index (χ1v) is 7.25. The van der Waals surface area contributed by atoms with Crippen molar-refractivity contribution in [2.45, 2.75) is 25.7 Å². The topological polar surface area (TPSA) is 0 Å². The monoisotopic (exact) mass is 338 g/mol. The van der Waals surface area contributed by atoms with Gasteiger partial charge in [0.2, 0.25) is 0 Å². The number of hydrogen-bond donors (Lipinski definition) is 0. The molecule has 0 saturated heterocycles. The summed E-state index contributed by atoms with van der Waals surface area (Å²) in [5.74, 6) is 0. The number of fused-ring (bicyclic) bond motifs is 2. The second kappa shape index (κ2) is 4.15. The van der Waals surface area contributed by atoms with Crippen LogP contribution in [0.5, 0.6) is 0 Å². The lowest BCUT2D eigenvalue weighted by molar-refractivity contribution is 0.682. The Hall–Kier alpha value is -0.340. The summed E-state index contributed by atoms with van der Waals surface area (Å²) in [6.45, 7) is 0. The summed E-state index contributed by atoms with van der Waals surface area (Å²) in [5.41, 5.74) is 3.02. The highest BCUT2D eigenvalue weighted by atomic mass is 79.9. The van der Waals surface area contributed by atoms with Crippen molar-refractivity contribution < 1.29 is 0 Å². The van der Waals surface area contributed by atoms with Crippen LogP contribution in [0.4, 0.5) is 0 Å². The zero-order valence-corrected chi connectivity index (χ0v) is 12.1. The van der Waals surface area contributed by atoms with Gasteiger partial charge in [0.05, 0.1) is 0 Å². The van der Waals surface area contributed by atoms with Gasteiger partial charge in [-0.15, -0.1) is 0 Å². The number of halogens is 2. The molecule has 0 bridgehead atoms. The molecular formula is C14H12Br2. The maximum absolute atomic E-state index is 3.78. The molecule has 0 radical (unpaired) electrons. The van der Waals surface area contributed by atoms with Gasteiger partial charge in [-0.2, -0.15) is 0 Å². The average Bonchev–Trinajstić information content (AvgIpc) is 2.36. The van der Waals surface area contributed by atoms with Gasteiger partial charge in [0.15, 0.2) is 0 Å². The molecule has 0 fully saturated rings. The standard InChI is InChI=1S/C14H12Br2/c15-13-9-5-1-2-6-10(9)14(16)12-8-4-3-7-11(12)13/h1-2,5-6H,3-4,7-8H2. The summed E-state index contributed by atoms with van der Waals surface area (Å²) < 4.78 is 2.61. The lowest BCUT2D eigenvalue weighted by Gasteiger charge is -2.21. The summed E-state index contributed by atoms with van der Waals surface area (Å²) in [5, 5.41) is 2.66. The number of benzene rings is 2. The van der Waals surface area contributed by atoms with Gasteiger partial charge >= 0.3 is 0 Å². The molecule has 0 atom stereocenters. The van der Waals surface area contributed by atoms with Crippen LogP contribution in [-0.4, -0.2) is 0 Å². The maximum atomic E-state index is 3.78. The summed E-state index contributed by atoms with van der Waals surface area (Å²) in [4.78, 5) is 0. The Bertz CT molecular complexity index is 508. The van der Waals surface area contributed by atoms with Crippen LogP contribution in [-0.2, 0) is 12.8 Å². The third kappa shape index (κ3) is 1.54. The molecule has 0 saturated carbocycles. The lowest BCUT2D eigenvalue weighted by atomic mass is 9.89. The largest absolute Gasteiger partial charge is 0.0616 e. The van der Waals surface area contributed by atoms with Crippen molar-refractivity contribution in [1.29, 1.82) is 0 Å². The molecule has 2 aromatic carbocycles. The summed E-state index contributed by atoms with van der Waals surface area (Å²) in [7, 11) is 0. The fraction of sp³-hybridized carbons (Fsp3) is 0.286. The Morgan fingerprint density at radius 2 is 1.19 bits per heavy atom. The van der Waals surface area contributed by atoms with E-state index in [1.54, 1.807) is 0 Å². The van der Waals surface area contributed by atoms with Crippen molar-refractivity contribution in [3.8, 4) is 0 Å². The molecule has 0 N–H and O–H groups in total. The zero-order chi connectivity index (χ0) is 11.1. The molecular weight excluding hydrogens is 328 g/mol. The molecule has 0 aromatic heterocycles. The predicted molar refractivity (Wildman–Crippen MR) is 76.0 cm³/mol. The van der Waals surface area contributed by atoms with Gasteiger partial charge in [0, 0.05) is 8.95 Å². The van der Waals surface area contributed by atoms with Crippen LogP contribution in [0, 0.1) is 0 Å². The van der Waals surface area contributed by atoms with E-state index in [-0.39, 0.29) is 0 Å². The molecule has 2 aromatic rings. The first kappa shape index (κ1) is 10.8. The third-order valence-electron chi connectivity index (χ3n) is 3.40. The molecule has 82 valence electrons. The van der Waals surface area contributed by atoms with Crippen molar-refractivity contribution in [1.82, 2.24) is 0 Å². The second-order valence-electron chi connectivity index (χ2n) is 4.34. The van der Waals surface area contributed by atoms with Gasteiger partial charge in [0.25, 0.3) is 0 Å². The zero-order valence-electron chi connectivity index (χ0n) is 8.89. The van der Waals surface area contributed by atoms with E-state index in [2.05, 4.69) is 56.1 Å². The minimum Gasteiger partial charge on any atom is -0.0616 e. The summed E-state index contributed by atoms with van der Waals surface area (Å²) in [6, 6.07) is 8.60. The van der Waals surface area contributed by atoms with Crippen LogP contribution in [0.2, 0.25) is 0 Å². The van der Waals surface area contributed by atoms with E-state index < -0.39 is 0 Å². The normalized spacial score (nSPS) is 15.1. The fourth-order valence-electron chi connectivity index (χ4n) is 2.58. The van der Waals surface area contributed by atoms with E-state index >= 15 is 0 Å². The molecule has 0 spiro atoms. The Balaban J connectivity index is 2.44. The van der Waals surface area contributed by atoms with Gasteiger partial charge in [-0.1, -0.05) is 24.3 Å². The van der Waals surface area contributed by atoms with E-state index in [1.807, 2.05) is 0 Å². The molecule has 0 aliphatic heterocycles. The molecule has 2 heteroatoms. The number of hydrogen-bond acceptors (Lipinski definition) is 0. The van der Waals surface area contributed by atoms with Crippen LogP contribution >= 0.6 is 31.9 Å². The second-order valence-corrected chi connectivity index (χ2v) is 5.92. The maximum Gasteiger partial charge on any atom is 0.0289 e. The van der Waals surface area contributed by atoms with E-state index in [0.717, 1.165) is 0 Å². The van der Waals surface area contributed by atoms with Crippen molar-refractivity contribution >= 4 is 42.6 Å².